The smallest absolute Gasteiger partial charge is 0.247 e. The molecule has 112 valence electrons. The summed E-state index contributed by atoms with van der Waals surface area (Å²) in [6, 6.07) is 6.67. The summed E-state index contributed by atoms with van der Waals surface area (Å²) in [5.74, 6) is 0.0360. The van der Waals surface area contributed by atoms with Gasteiger partial charge in [-0.05, 0) is 18.9 Å². The first kappa shape index (κ1) is 14.4. The van der Waals surface area contributed by atoms with Gasteiger partial charge in [-0.3, -0.25) is 9.59 Å². The van der Waals surface area contributed by atoms with E-state index >= 15 is 0 Å². The molecule has 3 rings (SSSR count). The highest BCUT2D eigenvalue weighted by Crippen LogP contribution is 2.33. The molecule has 1 aromatic carbocycles. The Bertz CT molecular complexity index is 555. The van der Waals surface area contributed by atoms with Gasteiger partial charge in [0.1, 0.15) is 6.04 Å². The number of amides is 2. The molecule has 4 nitrogen and oxygen atoms in total. The van der Waals surface area contributed by atoms with Crippen LogP contribution in [0, 0.1) is 5.92 Å². The molecule has 2 fully saturated rings. The van der Waals surface area contributed by atoms with Crippen LogP contribution in [0.15, 0.2) is 24.3 Å². The van der Waals surface area contributed by atoms with Gasteiger partial charge in [-0.15, -0.1) is 0 Å². The van der Waals surface area contributed by atoms with Gasteiger partial charge in [0, 0.05) is 29.6 Å². The number of carbonyl (C=O) groups is 2. The molecule has 0 aromatic heterocycles. The number of rotatable bonds is 2. The summed E-state index contributed by atoms with van der Waals surface area (Å²) in [4.78, 5) is 26.8. The molecule has 0 bridgehead atoms. The molecule has 1 atom stereocenters. The molecule has 1 saturated heterocycles. The first-order chi connectivity index (χ1) is 10.2. The maximum Gasteiger partial charge on any atom is 0.247 e. The Morgan fingerprint density at radius 3 is 2.67 bits per heavy atom. The SMILES string of the molecule is O=C1NCCN(C(=O)C2CCCC2)[C@H]1c1ccccc1Cl. The van der Waals surface area contributed by atoms with Crippen molar-refractivity contribution in [2.75, 3.05) is 13.1 Å². The minimum Gasteiger partial charge on any atom is -0.352 e. The minimum absolute atomic E-state index is 0.0703. The lowest BCUT2D eigenvalue weighted by Gasteiger charge is -2.37. The highest BCUT2D eigenvalue weighted by Gasteiger charge is 2.38. The second kappa shape index (κ2) is 6.06. The number of hydrogen-bond acceptors (Lipinski definition) is 2. The van der Waals surface area contributed by atoms with Gasteiger partial charge in [-0.25, -0.2) is 0 Å². The first-order valence-corrected chi connectivity index (χ1v) is 7.89. The molecule has 0 unspecified atom stereocenters. The molecule has 0 radical (unpaired) electrons. The van der Waals surface area contributed by atoms with Crippen molar-refractivity contribution in [3.8, 4) is 0 Å². The van der Waals surface area contributed by atoms with Crippen LogP contribution in [0.25, 0.3) is 0 Å². The molecule has 1 N–H and O–H groups in total. The van der Waals surface area contributed by atoms with Crippen molar-refractivity contribution in [3.63, 3.8) is 0 Å². The lowest BCUT2D eigenvalue weighted by molar-refractivity contribution is -0.146. The van der Waals surface area contributed by atoms with Gasteiger partial charge in [-0.2, -0.15) is 0 Å². The number of benzene rings is 1. The number of hydrogen-bond donors (Lipinski definition) is 1. The van der Waals surface area contributed by atoms with Crippen LogP contribution in [-0.4, -0.2) is 29.8 Å². The normalized spacial score (nSPS) is 23.2. The summed E-state index contributed by atoms with van der Waals surface area (Å²) in [5, 5.41) is 3.37. The average Bonchev–Trinajstić information content (AvgIpc) is 3.01. The standard InChI is InChI=1S/C16H19ClN2O2/c17-13-8-4-3-7-12(13)14-15(20)18-9-10-19(14)16(21)11-5-1-2-6-11/h3-4,7-8,11,14H,1-2,5-6,9-10H2,(H,18,20)/t14-/m0/s1. The highest BCUT2D eigenvalue weighted by molar-refractivity contribution is 6.31. The van der Waals surface area contributed by atoms with Gasteiger partial charge in [-0.1, -0.05) is 42.6 Å². The van der Waals surface area contributed by atoms with Crippen molar-refractivity contribution in [1.29, 1.82) is 0 Å². The van der Waals surface area contributed by atoms with E-state index in [4.69, 9.17) is 11.6 Å². The minimum atomic E-state index is -0.597. The van der Waals surface area contributed by atoms with Crippen molar-refractivity contribution in [2.45, 2.75) is 31.7 Å². The van der Waals surface area contributed by atoms with Crippen LogP contribution in [0.1, 0.15) is 37.3 Å². The Hall–Kier alpha value is -1.55. The molecule has 21 heavy (non-hydrogen) atoms. The fraction of sp³-hybridized carbons (Fsp3) is 0.500. The zero-order chi connectivity index (χ0) is 14.8. The molecular weight excluding hydrogens is 288 g/mol. The Labute approximate surface area is 129 Å². The molecule has 1 heterocycles. The molecule has 1 aromatic rings. The number of nitrogens with zero attached hydrogens (tertiary/aromatic N) is 1. The predicted molar refractivity (Wildman–Crippen MR) is 80.9 cm³/mol. The van der Waals surface area contributed by atoms with E-state index in [0.717, 1.165) is 25.7 Å². The van der Waals surface area contributed by atoms with Crippen molar-refractivity contribution in [1.82, 2.24) is 10.2 Å². The number of carbonyl (C=O) groups excluding carboxylic acids is 2. The third kappa shape index (κ3) is 2.77. The van der Waals surface area contributed by atoms with Crippen LogP contribution in [-0.2, 0) is 9.59 Å². The lowest BCUT2D eigenvalue weighted by Crippen LogP contribution is -2.53. The zero-order valence-electron chi connectivity index (χ0n) is 11.8. The van der Waals surface area contributed by atoms with Crippen LogP contribution < -0.4 is 5.32 Å². The second-order valence-electron chi connectivity index (χ2n) is 5.73. The first-order valence-electron chi connectivity index (χ1n) is 7.51. The van der Waals surface area contributed by atoms with E-state index in [1.54, 1.807) is 11.0 Å². The van der Waals surface area contributed by atoms with Gasteiger partial charge in [0.2, 0.25) is 11.8 Å². The Morgan fingerprint density at radius 1 is 1.24 bits per heavy atom. The Kier molecular flexibility index (Phi) is 4.15. The number of piperazine rings is 1. The van der Waals surface area contributed by atoms with E-state index in [-0.39, 0.29) is 17.7 Å². The summed E-state index contributed by atoms with van der Waals surface area (Å²) >= 11 is 6.23. The molecule has 0 spiro atoms. The van der Waals surface area contributed by atoms with Crippen molar-refractivity contribution in [3.05, 3.63) is 34.9 Å². The van der Waals surface area contributed by atoms with Crippen LogP contribution in [0.4, 0.5) is 0 Å². The van der Waals surface area contributed by atoms with Crippen LogP contribution in [0.2, 0.25) is 5.02 Å². The van der Waals surface area contributed by atoms with Gasteiger partial charge >= 0.3 is 0 Å². The van der Waals surface area contributed by atoms with Gasteiger partial charge < -0.3 is 10.2 Å². The van der Waals surface area contributed by atoms with Gasteiger partial charge in [0.15, 0.2) is 0 Å². The van der Waals surface area contributed by atoms with Crippen LogP contribution >= 0.6 is 11.6 Å². The lowest BCUT2D eigenvalue weighted by atomic mass is 9.98. The highest BCUT2D eigenvalue weighted by atomic mass is 35.5. The molecular formula is C16H19ClN2O2. The molecule has 5 heteroatoms. The van der Waals surface area contributed by atoms with Crippen LogP contribution in [0.3, 0.4) is 0 Å². The van der Waals surface area contributed by atoms with Crippen molar-refractivity contribution < 1.29 is 9.59 Å². The fourth-order valence-corrected chi connectivity index (χ4v) is 3.56. The van der Waals surface area contributed by atoms with Crippen molar-refractivity contribution >= 4 is 23.4 Å². The third-order valence-electron chi connectivity index (χ3n) is 4.40. The van der Waals surface area contributed by atoms with Gasteiger partial charge in [0.05, 0.1) is 0 Å². The maximum atomic E-state index is 12.7. The van der Waals surface area contributed by atoms with Gasteiger partial charge in [0.25, 0.3) is 0 Å². The van der Waals surface area contributed by atoms with E-state index in [1.165, 1.54) is 0 Å². The summed E-state index contributed by atoms with van der Waals surface area (Å²) in [6.45, 7) is 1.06. The van der Waals surface area contributed by atoms with Crippen molar-refractivity contribution in [2.24, 2.45) is 5.92 Å². The van der Waals surface area contributed by atoms with E-state index in [2.05, 4.69) is 5.32 Å². The maximum absolute atomic E-state index is 12.7. The van der Waals surface area contributed by atoms with E-state index < -0.39 is 6.04 Å². The zero-order valence-corrected chi connectivity index (χ0v) is 12.6. The summed E-state index contributed by atoms with van der Waals surface area (Å²) in [6.07, 6.45) is 4.08. The topological polar surface area (TPSA) is 49.4 Å². The molecule has 1 saturated carbocycles. The monoisotopic (exact) mass is 306 g/mol. The van der Waals surface area contributed by atoms with Crippen LogP contribution in [0.5, 0.6) is 0 Å². The number of halogens is 1. The molecule has 1 aliphatic carbocycles. The Morgan fingerprint density at radius 2 is 1.95 bits per heavy atom. The predicted octanol–water partition coefficient (Wildman–Crippen LogP) is 2.53. The summed E-state index contributed by atoms with van der Waals surface area (Å²) in [5.41, 5.74) is 0.711. The largest absolute Gasteiger partial charge is 0.352 e. The summed E-state index contributed by atoms with van der Waals surface area (Å²) in [7, 11) is 0. The third-order valence-corrected chi connectivity index (χ3v) is 4.74. The van der Waals surface area contributed by atoms with E-state index in [0.29, 0.717) is 23.7 Å². The quantitative estimate of drug-likeness (QED) is 0.913. The number of nitrogens with one attached hydrogen (secondary N) is 1. The fourth-order valence-electron chi connectivity index (χ4n) is 3.32. The molecule has 1 aliphatic heterocycles. The van der Waals surface area contributed by atoms with E-state index in [9.17, 15) is 9.59 Å². The summed E-state index contributed by atoms with van der Waals surface area (Å²) < 4.78 is 0. The Balaban J connectivity index is 1.91. The van der Waals surface area contributed by atoms with E-state index in [1.807, 2.05) is 18.2 Å². The molecule has 2 aliphatic rings. The second-order valence-corrected chi connectivity index (χ2v) is 6.14. The average molecular weight is 307 g/mol. The molecule has 2 amide bonds.